The monoisotopic (exact) mass is 230 g/mol. The first-order chi connectivity index (χ1) is 6.61. The van der Waals surface area contributed by atoms with Crippen molar-refractivity contribution in [1.29, 1.82) is 0 Å². The van der Waals surface area contributed by atoms with Crippen molar-refractivity contribution >= 4 is 34.6 Å². The second-order valence-electron chi connectivity index (χ2n) is 2.80. The first-order valence-corrected chi connectivity index (χ1v) is 5.20. The van der Waals surface area contributed by atoms with Crippen molar-refractivity contribution in [3.8, 4) is 0 Å². The van der Waals surface area contributed by atoms with Gasteiger partial charge in [0.1, 0.15) is 0 Å². The molecule has 1 rings (SSSR count). The zero-order chi connectivity index (χ0) is 10.6. The van der Waals surface area contributed by atoms with Crippen LogP contribution in [0.3, 0.4) is 0 Å². The Morgan fingerprint density at radius 1 is 1.86 bits per heavy atom. The molecule has 0 aliphatic rings. The van der Waals surface area contributed by atoms with Crippen LogP contribution in [-0.4, -0.2) is 27.0 Å². The Bertz CT molecular complexity index is 324. The summed E-state index contributed by atoms with van der Waals surface area (Å²) in [6, 6.07) is 0. The van der Waals surface area contributed by atoms with Crippen molar-refractivity contribution < 1.29 is 4.79 Å². The average molecular weight is 230 g/mol. The topological polar surface area (TPSA) is 80.9 Å². The number of hydrogen-bond acceptors (Lipinski definition) is 5. The van der Waals surface area contributed by atoms with E-state index in [9.17, 15) is 4.79 Å². The molecule has 0 saturated heterocycles. The fourth-order valence-corrected chi connectivity index (χ4v) is 1.22. The molecular weight excluding hydrogens is 220 g/mol. The quantitative estimate of drug-likeness (QED) is 0.722. The smallest absolute Gasteiger partial charge is 0.272 e. The molecule has 1 unspecified atom stereocenters. The molecule has 5 nitrogen and oxygen atoms in total. The average Bonchev–Trinajstić information content (AvgIpc) is 2.66. The number of carbonyl (C=O) groups is 1. The highest BCUT2D eigenvalue weighted by atomic mass is 32.1. The Kier molecular flexibility index (Phi) is 3.90. The summed E-state index contributed by atoms with van der Waals surface area (Å²) in [6.07, 6.45) is 0. The lowest BCUT2D eigenvalue weighted by atomic mass is 10.2. The fraction of sp³-hybridized carbons (Fsp3) is 0.429. The van der Waals surface area contributed by atoms with Crippen LogP contribution < -0.4 is 11.1 Å². The van der Waals surface area contributed by atoms with Gasteiger partial charge in [-0.05, 0) is 11.5 Å². The summed E-state index contributed by atoms with van der Waals surface area (Å²) in [7, 11) is 0. The van der Waals surface area contributed by atoms with Crippen molar-refractivity contribution in [3.05, 3.63) is 11.1 Å². The molecule has 0 spiro atoms. The first kappa shape index (κ1) is 11.0. The van der Waals surface area contributed by atoms with Crippen LogP contribution >= 0.6 is 23.8 Å². The van der Waals surface area contributed by atoms with Gasteiger partial charge in [0, 0.05) is 17.8 Å². The number of rotatable bonds is 4. The number of carbonyl (C=O) groups excluding carboxylic acids is 1. The lowest BCUT2D eigenvalue weighted by Gasteiger charge is -2.09. The third-order valence-electron chi connectivity index (χ3n) is 1.65. The third kappa shape index (κ3) is 3.00. The summed E-state index contributed by atoms with van der Waals surface area (Å²) < 4.78 is 3.59. The van der Waals surface area contributed by atoms with Crippen LogP contribution in [0.25, 0.3) is 0 Å². The zero-order valence-corrected chi connectivity index (χ0v) is 9.19. The van der Waals surface area contributed by atoms with E-state index in [0.717, 1.165) is 11.5 Å². The molecule has 0 aliphatic heterocycles. The number of aromatic nitrogens is 2. The van der Waals surface area contributed by atoms with E-state index in [1.807, 2.05) is 6.92 Å². The summed E-state index contributed by atoms with van der Waals surface area (Å²) in [5, 5.41) is 7.88. The highest BCUT2D eigenvalue weighted by Crippen LogP contribution is 1.98. The lowest BCUT2D eigenvalue weighted by molar-refractivity contribution is 0.0946. The molecule has 0 saturated carbocycles. The molecule has 1 atom stereocenters. The van der Waals surface area contributed by atoms with E-state index in [4.69, 9.17) is 18.0 Å². The van der Waals surface area contributed by atoms with Crippen molar-refractivity contribution in [2.24, 2.45) is 11.7 Å². The molecule has 0 aromatic carbocycles. The summed E-state index contributed by atoms with van der Waals surface area (Å²) in [5.41, 5.74) is 5.72. The van der Waals surface area contributed by atoms with Crippen LogP contribution in [0.15, 0.2) is 5.38 Å². The van der Waals surface area contributed by atoms with Crippen LogP contribution in [0, 0.1) is 5.92 Å². The Balaban J connectivity index is 2.40. The Hall–Kier alpha value is -1.08. The summed E-state index contributed by atoms with van der Waals surface area (Å²) in [5.74, 6) is -0.262. The SMILES string of the molecule is CC(CNC(=O)c1csnn1)C(N)=S. The van der Waals surface area contributed by atoms with Crippen LogP contribution in [-0.2, 0) is 0 Å². The van der Waals surface area contributed by atoms with Gasteiger partial charge in [0.15, 0.2) is 5.69 Å². The predicted octanol–water partition coefficient (Wildman–Crippen LogP) is 0.190. The maximum absolute atomic E-state index is 11.3. The minimum atomic E-state index is -0.248. The van der Waals surface area contributed by atoms with Gasteiger partial charge in [0.05, 0.1) is 4.99 Å². The van der Waals surface area contributed by atoms with Gasteiger partial charge in [-0.15, -0.1) is 5.10 Å². The minimum absolute atomic E-state index is 0.0134. The molecule has 0 aliphatic carbocycles. The number of thiocarbonyl (C=S) groups is 1. The standard InChI is InChI=1S/C7H10N4OS2/c1-4(6(8)13)2-9-7(12)5-3-14-11-10-5/h3-4H,2H2,1H3,(H2,8,13)(H,9,12). The van der Waals surface area contributed by atoms with E-state index in [1.165, 1.54) is 0 Å². The van der Waals surface area contributed by atoms with E-state index >= 15 is 0 Å². The molecule has 3 N–H and O–H groups in total. The van der Waals surface area contributed by atoms with Crippen molar-refractivity contribution in [3.63, 3.8) is 0 Å². The molecule has 1 amide bonds. The van der Waals surface area contributed by atoms with Crippen molar-refractivity contribution in [2.45, 2.75) is 6.92 Å². The molecule has 0 bridgehead atoms. The molecule has 1 aromatic heterocycles. The van der Waals surface area contributed by atoms with Gasteiger partial charge < -0.3 is 11.1 Å². The maximum Gasteiger partial charge on any atom is 0.272 e. The highest BCUT2D eigenvalue weighted by molar-refractivity contribution is 7.80. The van der Waals surface area contributed by atoms with E-state index in [-0.39, 0.29) is 11.8 Å². The van der Waals surface area contributed by atoms with E-state index in [2.05, 4.69) is 14.9 Å². The van der Waals surface area contributed by atoms with Crippen LogP contribution in [0.1, 0.15) is 17.4 Å². The van der Waals surface area contributed by atoms with Crippen molar-refractivity contribution in [1.82, 2.24) is 14.9 Å². The van der Waals surface area contributed by atoms with E-state index in [1.54, 1.807) is 5.38 Å². The van der Waals surface area contributed by atoms with Crippen LogP contribution in [0.5, 0.6) is 0 Å². The van der Waals surface area contributed by atoms with Gasteiger partial charge in [0.25, 0.3) is 5.91 Å². The number of nitrogens with zero attached hydrogens (tertiary/aromatic N) is 2. The summed E-state index contributed by atoms with van der Waals surface area (Å²) >= 11 is 5.91. The van der Waals surface area contributed by atoms with E-state index in [0.29, 0.717) is 17.2 Å². The van der Waals surface area contributed by atoms with Gasteiger partial charge in [0.2, 0.25) is 0 Å². The van der Waals surface area contributed by atoms with Gasteiger partial charge in [-0.25, -0.2) is 0 Å². The molecule has 0 radical (unpaired) electrons. The Morgan fingerprint density at radius 2 is 2.57 bits per heavy atom. The molecule has 14 heavy (non-hydrogen) atoms. The molecule has 7 heteroatoms. The van der Waals surface area contributed by atoms with E-state index < -0.39 is 0 Å². The molecule has 1 heterocycles. The van der Waals surface area contributed by atoms with Crippen LogP contribution in [0.4, 0.5) is 0 Å². The van der Waals surface area contributed by atoms with Crippen LogP contribution in [0.2, 0.25) is 0 Å². The number of hydrogen-bond donors (Lipinski definition) is 2. The summed E-state index contributed by atoms with van der Waals surface area (Å²) in [6.45, 7) is 2.27. The molecular formula is C7H10N4OS2. The number of amides is 1. The van der Waals surface area contributed by atoms with Gasteiger partial charge >= 0.3 is 0 Å². The second-order valence-corrected chi connectivity index (χ2v) is 3.88. The fourth-order valence-electron chi connectivity index (χ4n) is 0.700. The van der Waals surface area contributed by atoms with Gasteiger partial charge in [-0.1, -0.05) is 23.6 Å². The normalized spacial score (nSPS) is 12.1. The summed E-state index contributed by atoms with van der Waals surface area (Å²) in [4.78, 5) is 11.7. The maximum atomic E-state index is 11.3. The van der Waals surface area contributed by atoms with Gasteiger partial charge in [-0.3, -0.25) is 4.79 Å². The molecule has 0 fully saturated rings. The zero-order valence-electron chi connectivity index (χ0n) is 7.56. The Morgan fingerprint density at radius 3 is 3.07 bits per heavy atom. The number of nitrogens with one attached hydrogen (secondary N) is 1. The first-order valence-electron chi connectivity index (χ1n) is 3.96. The predicted molar refractivity (Wildman–Crippen MR) is 58.2 cm³/mol. The highest BCUT2D eigenvalue weighted by Gasteiger charge is 2.11. The van der Waals surface area contributed by atoms with Gasteiger partial charge in [-0.2, -0.15) is 0 Å². The third-order valence-corrected chi connectivity index (χ3v) is 2.55. The second kappa shape index (κ2) is 4.97. The molecule has 76 valence electrons. The number of nitrogens with two attached hydrogens (primary N) is 1. The largest absolute Gasteiger partial charge is 0.393 e. The minimum Gasteiger partial charge on any atom is -0.393 e. The molecule has 1 aromatic rings. The van der Waals surface area contributed by atoms with Crippen molar-refractivity contribution in [2.75, 3.05) is 6.54 Å². The lowest BCUT2D eigenvalue weighted by Crippen LogP contribution is -2.33. The Labute approximate surface area is 90.9 Å².